The smallest absolute Gasteiger partial charge is 0.215 e. The highest BCUT2D eigenvalue weighted by molar-refractivity contribution is 7.93. The summed E-state index contributed by atoms with van der Waals surface area (Å²) in [7, 11) is -1.88. The van der Waals surface area contributed by atoms with Crippen LogP contribution in [0.5, 0.6) is 5.75 Å². The van der Waals surface area contributed by atoms with Gasteiger partial charge < -0.3 is 10.1 Å². The zero-order chi connectivity index (χ0) is 20.3. The Morgan fingerprint density at radius 3 is 2.66 bits per heavy atom. The van der Waals surface area contributed by atoms with Crippen LogP contribution in [0.3, 0.4) is 0 Å². The van der Waals surface area contributed by atoms with E-state index in [2.05, 4.69) is 29.6 Å². The zero-order valence-corrected chi connectivity index (χ0v) is 17.9. The van der Waals surface area contributed by atoms with Crippen molar-refractivity contribution in [1.29, 1.82) is 0 Å². The van der Waals surface area contributed by atoms with Crippen LogP contribution in [0.2, 0.25) is 0 Å². The SMILES string of the molecule is COc1ccc(S(=O)(=O)c2cccs2)cc1C[C]1CCCN[C@@H]1c1ccccc1. The molecule has 2 heterocycles. The number of rotatable bonds is 6. The molecule has 0 bridgehead atoms. The molecule has 1 aliphatic heterocycles. The fourth-order valence-electron chi connectivity index (χ4n) is 3.88. The topological polar surface area (TPSA) is 55.4 Å². The van der Waals surface area contributed by atoms with Crippen molar-refractivity contribution in [2.75, 3.05) is 13.7 Å². The average Bonchev–Trinajstić information content (AvgIpc) is 3.31. The molecule has 1 aromatic heterocycles. The molecule has 4 rings (SSSR count). The van der Waals surface area contributed by atoms with Crippen molar-refractivity contribution in [3.05, 3.63) is 83.1 Å². The lowest BCUT2D eigenvalue weighted by atomic mass is 9.82. The van der Waals surface area contributed by atoms with Crippen molar-refractivity contribution in [3.8, 4) is 5.75 Å². The van der Waals surface area contributed by atoms with Gasteiger partial charge in [-0.25, -0.2) is 8.42 Å². The molecule has 151 valence electrons. The number of benzene rings is 2. The van der Waals surface area contributed by atoms with E-state index in [9.17, 15) is 8.42 Å². The number of thiophene rings is 1. The van der Waals surface area contributed by atoms with E-state index >= 15 is 0 Å². The van der Waals surface area contributed by atoms with Gasteiger partial charge in [0, 0.05) is 12.0 Å². The number of sulfone groups is 1. The number of hydrogen-bond acceptors (Lipinski definition) is 5. The van der Waals surface area contributed by atoms with Crippen LogP contribution >= 0.6 is 11.3 Å². The van der Waals surface area contributed by atoms with E-state index in [1.54, 1.807) is 42.8 Å². The molecule has 1 aliphatic rings. The molecule has 2 aromatic carbocycles. The Morgan fingerprint density at radius 1 is 1.10 bits per heavy atom. The van der Waals surface area contributed by atoms with Crippen LogP contribution in [0.15, 0.2) is 75.1 Å². The Bertz CT molecular complexity index is 1050. The normalized spacial score (nSPS) is 17.9. The molecule has 6 heteroatoms. The first-order chi connectivity index (χ1) is 14.1. The summed E-state index contributed by atoms with van der Waals surface area (Å²) in [5, 5.41) is 5.40. The lowest BCUT2D eigenvalue weighted by Crippen LogP contribution is -2.34. The average molecular weight is 427 g/mol. The van der Waals surface area contributed by atoms with Gasteiger partial charge in [-0.05, 0) is 66.6 Å². The minimum atomic E-state index is -3.51. The van der Waals surface area contributed by atoms with Gasteiger partial charge in [-0.3, -0.25) is 0 Å². The van der Waals surface area contributed by atoms with Gasteiger partial charge in [0.05, 0.1) is 12.0 Å². The number of piperidine rings is 1. The van der Waals surface area contributed by atoms with Crippen LogP contribution in [-0.2, 0) is 16.3 Å². The maximum absolute atomic E-state index is 13.0. The molecule has 0 spiro atoms. The maximum atomic E-state index is 13.0. The third-order valence-corrected chi connectivity index (χ3v) is 8.45. The Hall–Kier alpha value is -2.15. The fraction of sp³-hybridized carbons (Fsp3) is 0.261. The van der Waals surface area contributed by atoms with E-state index in [1.165, 1.54) is 22.8 Å². The molecule has 0 aliphatic carbocycles. The minimum absolute atomic E-state index is 0.173. The summed E-state index contributed by atoms with van der Waals surface area (Å²) in [5.74, 6) is 2.08. The van der Waals surface area contributed by atoms with E-state index in [1.807, 2.05) is 6.07 Å². The van der Waals surface area contributed by atoms with Gasteiger partial charge in [-0.2, -0.15) is 0 Å². The standard InChI is InChI=1S/C23H24NO3S2/c1-27-21-12-11-20(29(25,26)22-10-6-14-28-22)16-19(21)15-18-9-5-13-24-23(18)17-7-3-2-4-8-17/h2-4,6-8,10-12,14,16,23-24H,5,9,13,15H2,1H3/t23-/m1/s1. The molecular weight excluding hydrogens is 402 g/mol. The molecular formula is C23H24NO3S2. The van der Waals surface area contributed by atoms with E-state index < -0.39 is 9.84 Å². The van der Waals surface area contributed by atoms with E-state index in [-0.39, 0.29) is 6.04 Å². The molecule has 1 fully saturated rings. The van der Waals surface area contributed by atoms with Gasteiger partial charge in [0.25, 0.3) is 0 Å². The van der Waals surface area contributed by atoms with Crippen LogP contribution in [0.4, 0.5) is 0 Å². The molecule has 0 amide bonds. The molecule has 0 saturated carbocycles. The maximum Gasteiger partial charge on any atom is 0.215 e. The largest absolute Gasteiger partial charge is 0.496 e. The molecule has 1 radical (unpaired) electrons. The molecule has 3 aromatic rings. The minimum Gasteiger partial charge on any atom is -0.496 e. The van der Waals surface area contributed by atoms with E-state index in [0.29, 0.717) is 15.5 Å². The first-order valence-corrected chi connectivity index (χ1v) is 12.0. The molecule has 1 atom stereocenters. The monoisotopic (exact) mass is 426 g/mol. The fourth-order valence-corrected chi connectivity index (χ4v) is 6.32. The number of nitrogens with one attached hydrogen (secondary N) is 1. The van der Waals surface area contributed by atoms with Gasteiger partial charge in [-0.1, -0.05) is 36.4 Å². The van der Waals surface area contributed by atoms with Crippen LogP contribution < -0.4 is 10.1 Å². The summed E-state index contributed by atoms with van der Waals surface area (Å²) in [6, 6.07) is 19.2. The summed E-state index contributed by atoms with van der Waals surface area (Å²) >= 11 is 1.24. The molecule has 0 unspecified atom stereocenters. The molecule has 1 saturated heterocycles. The lowest BCUT2D eigenvalue weighted by Gasteiger charge is -2.33. The summed E-state index contributed by atoms with van der Waals surface area (Å²) in [6.07, 6.45) is 2.77. The van der Waals surface area contributed by atoms with Gasteiger partial charge >= 0.3 is 0 Å². The molecule has 4 nitrogen and oxygen atoms in total. The molecule has 1 N–H and O–H groups in total. The highest BCUT2D eigenvalue weighted by Crippen LogP contribution is 2.37. The Balaban J connectivity index is 1.67. The van der Waals surface area contributed by atoms with Crippen molar-refractivity contribution in [2.45, 2.75) is 34.4 Å². The van der Waals surface area contributed by atoms with Crippen LogP contribution in [0.1, 0.15) is 30.0 Å². The Morgan fingerprint density at radius 2 is 1.93 bits per heavy atom. The zero-order valence-electron chi connectivity index (χ0n) is 16.3. The number of methoxy groups -OCH3 is 1. The van der Waals surface area contributed by atoms with Crippen molar-refractivity contribution in [3.63, 3.8) is 0 Å². The van der Waals surface area contributed by atoms with Crippen LogP contribution in [0.25, 0.3) is 0 Å². The van der Waals surface area contributed by atoms with Gasteiger partial charge in [0.2, 0.25) is 9.84 Å². The third-order valence-electron chi connectivity index (χ3n) is 5.30. The van der Waals surface area contributed by atoms with Crippen molar-refractivity contribution >= 4 is 21.2 Å². The summed E-state index contributed by atoms with van der Waals surface area (Å²) in [6.45, 7) is 0.979. The van der Waals surface area contributed by atoms with E-state index in [0.717, 1.165) is 30.7 Å². The van der Waals surface area contributed by atoms with Crippen molar-refractivity contribution in [2.24, 2.45) is 0 Å². The lowest BCUT2D eigenvalue weighted by molar-refractivity contribution is 0.400. The van der Waals surface area contributed by atoms with Crippen molar-refractivity contribution < 1.29 is 13.2 Å². The second-order valence-corrected chi connectivity index (χ2v) is 10.3. The summed E-state index contributed by atoms with van der Waals surface area (Å²) in [5.41, 5.74) is 2.15. The highest BCUT2D eigenvalue weighted by atomic mass is 32.2. The van der Waals surface area contributed by atoms with E-state index in [4.69, 9.17) is 4.74 Å². The Kier molecular flexibility index (Phi) is 6.04. The third kappa shape index (κ3) is 4.25. The van der Waals surface area contributed by atoms with Crippen LogP contribution in [-0.4, -0.2) is 22.1 Å². The van der Waals surface area contributed by atoms with Gasteiger partial charge in [-0.15, -0.1) is 11.3 Å². The highest BCUT2D eigenvalue weighted by Gasteiger charge is 2.28. The second kappa shape index (κ2) is 8.69. The predicted octanol–water partition coefficient (Wildman–Crippen LogP) is 4.83. The van der Waals surface area contributed by atoms with Gasteiger partial charge in [0.15, 0.2) is 0 Å². The molecule has 29 heavy (non-hydrogen) atoms. The number of hydrogen-bond donors (Lipinski definition) is 1. The first-order valence-electron chi connectivity index (χ1n) is 9.68. The number of ether oxygens (including phenoxy) is 1. The van der Waals surface area contributed by atoms with Crippen LogP contribution in [0, 0.1) is 5.92 Å². The summed E-state index contributed by atoms with van der Waals surface area (Å²) in [4.78, 5) is 0.316. The van der Waals surface area contributed by atoms with Crippen molar-refractivity contribution in [1.82, 2.24) is 5.32 Å². The quantitative estimate of drug-likeness (QED) is 0.613. The van der Waals surface area contributed by atoms with Gasteiger partial charge in [0.1, 0.15) is 9.96 Å². The predicted molar refractivity (Wildman–Crippen MR) is 116 cm³/mol. The second-order valence-electron chi connectivity index (χ2n) is 7.15. The first kappa shape index (κ1) is 20.1. The summed E-state index contributed by atoms with van der Waals surface area (Å²) < 4.78 is 31.9. The Labute approximate surface area is 176 Å².